The molecule has 2 aromatic carbocycles. The molecule has 0 aliphatic rings. The van der Waals surface area contributed by atoms with Crippen LogP contribution in [0.1, 0.15) is 23.6 Å². The SMILES string of the molecule is CC(=O)Nc1ccc(CC(=O)Nc2c(C)cc(C)cc2Cl)cc1. The number of rotatable bonds is 4. The zero-order chi connectivity index (χ0) is 17.0. The van der Waals surface area contributed by atoms with Gasteiger partial charge in [-0.2, -0.15) is 0 Å². The molecule has 0 atom stereocenters. The normalized spacial score (nSPS) is 10.3. The Labute approximate surface area is 140 Å². The van der Waals surface area contributed by atoms with E-state index in [2.05, 4.69) is 10.6 Å². The van der Waals surface area contributed by atoms with Crippen LogP contribution in [0.15, 0.2) is 36.4 Å². The standard InChI is InChI=1S/C18H19ClN2O2/c1-11-8-12(2)18(16(19)9-11)21-17(23)10-14-4-6-15(7-5-14)20-13(3)22/h4-9H,10H2,1-3H3,(H,20,22)(H,21,23). The summed E-state index contributed by atoms with van der Waals surface area (Å²) in [6, 6.07) is 11.0. The Morgan fingerprint density at radius 1 is 1.04 bits per heavy atom. The molecule has 5 heteroatoms. The quantitative estimate of drug-likeness (QED) is 0.886. The number of benzene rings is 2. The van der Waals surface area contributed by atoms with E-state index >= 15 is 0 Å². The monoisotopic (exact) mass is 330 g/mol. The first-order valence-corrected chi connectivity index (χ1v) is 7.66. The summed E-state index contributed by atoms with van der Waals surface area (Å²) in [7, 11) is 0. The van der Waals surface area contributed by atoms with E-state index in [1.165, 1.54) is 6.92 Å². The van der Waals surface area contributed by atoms with Crippen LogP contribution < -0.4 is 10.6 Å². The summed E-state index contributed by atoms with van der Waals surface area (Å²) in [5.74, 6) is -0.258. The molecule has 0 bridgehead atoms. The van der Waals surface area contributed by atoms with E-state index in [-0.39, 0.29) is 18.2 Å². The molecule has 0 spiro atoms. The van der Waals surface area contributed by atoms with Crippen molar-refractivity contribution in [1.82, 2.24) is 0 Å². The molecule has 0 heterocycles. The van der Waals surface area contributed by atoms with Gasteiger partial charge in [0.15, 0.2) is 0 Å². The Kier molecular flexibility index (Phi) is 5.40. The fourth-order valence-electron chi connectivity index (χ4n) is 2.35. The van der Waals surface area contributed by atoms with Crippen molar-refractivity contribution in [2.45, 2.75) is 27.2 Å². The number of carbonyl (C=O) groups excluding carboxylic acids is 2. The predicted octanol–water partition coefficient (Wildman–Crippen LogP) is 4.10. The van der Waals surface area contributed by atoms with Crippen LogP contribution in [0, 0.1) is 13.8 Å². The highest BCUT2D eigenvalue weighted by atomic mass is 35.5. The van der Waals surface area contributed by atoms with Crippen molar-refractivity contribution in [3.8, 4) is 0 Å². The molecule has 0 saturated carbocycles. The zero-order valence-corrected chi connectivity index (χ0v) is 14.1. The highest BCUT2D eigenvalue weighted by molar-refractivity contribution is 6.34. The van der Waals surface area contributed by atoms with Gasteiger partial charge in [0.25, 0.3) is 0 Å². The van der Waals surface area contributed by atoms with Crippen LogP contribution >= 0.6 is 11.6 Å². The Balaban J connectivity index is 2.04. The minimum atomic E-state index is -0.133. The summed E-state index contributed by atoms with van der Waals surface area (Å²) in [5.41, 5.74) is 4.21. The van der Waals surface area contributed by atoms with Crippen molar-refractivity contribution >= 4 is 34.8 Å². The summed E-state index contributed by atoms with van der Waals surface area (Å²) in [6.45, 7) is 5.33. The molecule has 23 heavy (non-hydrogen) atoms. The molecule has 0 aliphatic carbocycles. The van der Waals surface area contributed by atoms with E-state index in [1.807, 2.05) is 38.1 Å². The Morgan fingerprint density at radius 2 is 1.70 bits per heavy atom. The molecule has 0 fully saturated rings. The van der Waals surface area contributed by atoms with Gasteiger partial charge >= 0.3 is 0 Å². The predicted molar refractivity (Wildman–Crippen MR) is 94.0 cm³/mol. The summed E-state index contributed by atoms with van der Waals surface area (Å²) in [6.07, 6.45) is 0.240. The van der Waals surface area contributed by atoms with Gasteiger partial charge in [0.2, 0.25) is 11.8 Å². The van der Waals surface area contributed by atoms with Gasteiger partial charge in [0.05, 0.1) is 17.1 Å². The van der Waals surface area contributed by atoms with Crippen molar-refractivity contribution in [2.24, 2.45) is 0 Å². The number of nitrogens with one attached hydrogen (secondary N) is 2. The lowest BCUT2D eigenvalue weighted by atomic mass is 10.1. The molecule has 120 valence electrons. The number of anilines is 2. The van der Waals surface area contributed by atoms with E-state index in [0.717, 1.165) is 16.7 Å². The van der Waals surface area contributed by atoms with Gasteiger partial charge in [-0.3, -0.25) is 9.59 Å². The first-order chi connectivity index (χ1) is 10.8. The molecule has 0 aliphatic heterocycles. The van der Waals surface area contributed by atoms with Crippen LogP contribution in [0.2, 0.25) is 5.02 Å². The molecule has 2 N–H and O–H groups in total. The van der Waals surface area contributed by atoms with Gasteiger partial charge < -0.3 is 10.6 Å². The topological polar surface area (TPSA) is 58.2 Å². The van der Waals surface area contributed by atoms with Crippen LogP contribution in [-0.2, 0) is 16.0 Å². The maximum Gasteiger partial charge on any atom is 0.228 e. The fraction of sp³-hybridized carbons (Fsp3) is 0.222. The average molecular weight is 331 g/mol. The van der Waals surface area contributed by atoms with Crippen molar-refractivity contribution < 1.29 is 9.59 Å². The largest absolute Gasteiger partial charge is 0.326 e. The maximum absolute atomic E-state index is 12.2. The third-order valence-electron chi connectivity index (χ3n) is 3.34. The molecular weight excluding hydrogens is 312 g/mol. The lowest BCUT2D eigenvalue weighted by molar-refractivity contribution is -0.116. The van der Waals surface area contributed by atoms with E-state index < -0.39 is 0 Å². The highest BCUT2D eigenvalue weighted by Crippen LogP contribution is 2.27. The van der Waals surface area contributed by atoms with Crippen LogP contribution in [0.25, 0.3) is 0 Å². The van der Waals surface area contributed by atoms with E-state index in [1.54, 1.807) is 12.1 Å². The summed E-state index contributed by atoms with van der Waals surface area (Å²) >= 11 is 6.20. The van der Waals surface area contributed by atoms with Gasteiger partial charge in [-0.25, -0.2) is 0 Å². The molecule has 2 amide bonds. The smallest absolute Gasteiger partial charge is 0.228 e. The van der Waals surface area contributed by atoms with Crippen LogP contribution in [0.4, 0.5) is 11.4 Å². The Morgan fingerprint density at radius 3 is 2.26 bits per heavy atom. The lowest BCUT2D eigenvalue weighted by Crippen LogP contribution is -2.15. The summed E-state index contributed by atoms with van der Waals surface area (Å²) in [4.78, 5) is 23.2. The second kappa shape index (κ2) is 7.29. The van der Waals surface area contributed by atoms with Crippen LogP contribution in [0.5, 0.6) is 0 Å². The van der Waals surface area contributed by atoms with E-state index in [0.29, 0.717) is 16.4 Å². The van der Waals surface area contributed by atoms with E-state index in [9.17, 15) is 9.59 Å². The Bertz CT molecular complexity index is 716. The van der Waals surface area contributed by atoms with Crippen LogP contribution in [0.3, 0.4) is 0 Å². The molecule has 0 saturated heterocycles. The summed E-state index contributed by atoms with van der Waals surface area (Å²) < 4.78 is 0. The van der Waals surface area contributed by atoms with Gasteiger partial charge in [0.1, 0.15) is 0 Å². The van der Waals surface area contributed by atoms with Gasteiger partial charge in [0, 0.05) is 12.6 Å². The summed E-state index contributed by atoms with van der Waals surface area (Å²) in [5, 5.41) is 6.09. The second-order valence-electron chi connectivity index (χ2n) is 5.54. The molecule has 2 rings (SSSR count). The van der Waals surface area contributed by atoms with E-state index in [4.69, 9.17) is 11.6 Å². The van der Waals surface area contributed by atoms with Crippen molar-refractivity contribution in [3.05, 3.63) is 58.1 Å². The van der Waals surface area contributed by atoms with Crippen molar-refractivity contribution in [1.29, 1.82) is 0 Å². The van der Waals surface area contributed by atoms with Crippen molar-refractivity contribution in [3.63, 3.8) is 0 Å². The third-order valence-corrected chi connectivity index (χ3v) is 3.63. The molecule has 0 unspecified atom stereocenters. The molecule has 0 radical (unpaired) electrons. The first kappa shape index (κ1) is 17.0. The molecule has 2 aromatic rings. The van der Waals surface area contributed by atoms with Gasteiger partial charge in [-0.1, -0.05) is 29.8 Å². The highest BCUT2D eigenvalue weighted by Gasteiger charge is 2.10. The number of hydrogen-bond donors (Lipinski definition) is 2. The zero-order valence-electron chi connectivity index (χ0n) is 13.4. The Hall–Kier alpha value is -2.33. The number of carbonyl (C=O) groups is 2. The average Bonchev–Trinajstić information content (AvgIpc) is 2.44. The fourth-order valence-corrected chi connectivity index (χ4v) is 2.72. The number of hydrogen-bond acceptors (Lipinski definition) is 2. The van der Waals surface area contributed by atoms with Crippen LogP contribution in [-0.4, -0.2) is 11.8 Å². The first-order valence-electron chi connectivity index (χ1n) is 7.28. The molecule has 0 aromatic heterocycles. The van der Waals surface area contributed by atoms with Gasteiger partial charge in [-0.05, 0) is 48.7 Å². The lowest BCUT2D eigenvalue weighted by Gasteiger charge is -2.12. The number of halogens is 1. The number of aryl methyl sites for hydroxylation is 2. The minimum Gasteiger partial charge on any atom is -0.326 e. The van der Waals surface area contributed by atoms with Crippen molar-refractivity contribution in [2.75, 3.05) is 10.6 Å². The number of amides is 2. The second-order valence-corrected chi connectivity index (χ2v) is 5.95. The third kappa shape index (κ3) is 4.83. The molecule has 4 nitrogen and oxygen atoms in total. The maximum atomic E-state index is 12.2. The molecular formula is C18H19ClN2O2. The van der Waals surface area contributed by atoms with Gasteiger partial charge in [-0.15, -0.1) is 0 Å². The minimum absolute atomic E-state index is 0.125.